The quantitative estimate of drug-likeness (QED) is 0.0879. The van der Waals surface area contributed by atoms with Crippen molar-refractivity contribution in [2.75, 3.05) is 14.7 Å². The zero-order chi connectivity index (χ0) is 55.0. The minimum absolute atomic E-state index is 0. The van der Waals surface area contributed by atoms with E-state index >= 15 is 0 Å². The number of carbonyl (C=O) groups excluding carboxylic acids is 2. The molecule has 0 bridgehead atoms. The maximum absolute atomic E-state index is 10.9. The molecule has 0 atom stereocenters. The summed E-state index contributed by atoms with van der Waals surface area (Å²) in [4.78, 5) is 28.4. The van der Waals surface area contributed by atoms with Crippen molar-refractivity contribution in [1.29, 1.82) is 0 Å². The molecule has 77 heavy (non-hydrogen) atoms. The number of hydrogen-bond acceptors (Lipinski definition) is 7. The van der Waals surface area contributed by atoms with Gasteiger partial charge in [0.15, 0.2) is 0 Å². The van der Waals surface area contributed by atoms with Gasteiger partial charge in [-0.05, 0) is 220 Å². The molecule has 9 aromatic rings. The van der Waals surface area contributed by atoms with Crippen molar-refractivity contribution in [2.24, 2.45) is 0 Å². The number of aliphatic hydroxyl groups excluding tert-OH is 2. The van der Waals surface area contributed by atoms with Crippen LogP contribution in [-0.4, -0.2) is 22.8 Å². The van der Waals surface area contributed by atoms with Crippen molar-refractivity contribution in [2.45, 2.75) is 54.8 Å². The molecule has 0 aliphatic heterocycles. The van der Waals surface area contributed by atoms with E-state index in [4.69, 9.17) is 0 Å². The molecule has 0 aliphatic rings. The SMILES string of the molecule is Cc1ccc(N(c2ccc(C=O)cc2)c2ccc(C=O)cc2)cc1C.Cc1ccc(N(c2ccc(CO)cc2)c2ccc(CO)cc2)cc1C.Cc1ccc(N(c2ccccc2)c2ccccc2)cc1C.I.II.I[I-]I. The molecular weight excluding hydrogens is 1640 g/mol. The van der Waals surface area contributed by atoms with Crippen LogP contribution in [0.3, 0.4) is 0 Å². The third-order valence-corrected chi connectivity index (χ3v) is 12.6. The molecule has 7 nitrogen and oxygen atoms in total. The molecule has 0 unspecified atom stereocenters. The van der Waals surface area contributed by atoms with Crippen LogP contribution in [0.1, 0.15) is 65.2 Å². The van der Waals surface area contributed by atoms with Gasteiger partial charge in [-0.25, -0.2) is 0 Å². The molecule has 0 radical (unpaired) electrons. The van der Waals surface area contributed by atoms with Crippen molar-refractivity contribution in [3.63, 3.8) is 0 Å². The first-order valence-electron chi connectivity index (χ1n) is 24.2. The summed E-state index contributed by atoms with van der Waals surface area (Å²) in [6.45, 7) is 12.8. The summed E-state index contributed by atoms with van der Waals surface area (Å²) in [5, 5.41) is 18.6. The molecule has 13 heteroatoms. The third kappa shape index (κ3) is 19.4. The van der Waals surface area contributed by atoms with E-state index < -0.39 is 0 Å². The Morgan fingerprint density at radius 2 is 0.571 bits per heavy atom. The molecule has 2 N–H and O–H groups in total. The number of aryl methyl sites for hydroxylation is 6. The topological polar surface area (TPSA) is 84.3 Å². The predicted octanol–water partition coefficient (Wildman–Crippen LogP) is 17.1. The van der Waals surface area contributed by atoms with Gasteiger partial charge in [0.05, 0.1) is 13.2 Å². The van der Waals surface area contributed by atoms with E-state index in [1.165, 1.54) is 50.4 Å². The monoisotopic (exact) mass is 1700 g/mol. The van der Waals surface area contributed by atoms with Gasteiger partial charge >= 0.3 is 50.5 Å². The molecule has 0 aliphatic carbocycles. The van der Waals surface area contributed by atoms with Crippen LogP contribution in [0.25, 0.3) is 0 Å². The fourth-order valence-electron chi connectivity index (χ4n) is 7.99. The second-order valence-electron chi connectivity index (χ2n) is 17.6. The fourth-order valence-corrected chi connectivity index (χ4v) is 7.99. The van der Waals surface area contributed by atoms with Crippen molar-refractivity contribution in [1.82, 2.24) is 0 Å². The first kappa shape index (κ1) is 65.5. The summed E-state index contributed by atoms with van der Waals surface area (Å²) in [5.41, 5.74) is 20.2. The molecule has 0 amide bonds. The molecule has 400 valence electrons. The Bertz CT molecular complexity index is 3050. The van der Waals surface area contributed by atoms with Crippen LogP contribution in [0.5, 0.6) is 0 Å². The average Bonchev–Trinajstić information content (AvgIpc) is 3.46. The maximum atomic E-state index is 10.9. The molecule has 9 aromatic carbocycles. The van der Waals surface area contributed by atoms with Gasteiger partial charge in [-0.2, -0.15) is 0 Å². The summed E-state index contributed by atoms with van der Waals surface area (Å²) < 4.78 is 0. The number of aldehydes is 2. The first-order valence-corrected chi connectivity index (χ1v) is 43.0. The Morgan fingerprint density at radius 1 is 0.351 bits per heavy atom. The van der Waals surface area contributed by atoms with Gasteiger partial charge in [-0.1, -0.05) is 78.9 Å². The summed E-state index contributed by atoms with van der Waals surface area (Å²) in [6, 6.07) is 71.0. The standard InChI is InChI=1S/C22H23NO2.C22H19NO2.C20H19N.I3.I2.HI/c2*1-16-3-8-22(13-17(16)2)23(20-9-4-18(14-24)5-10-20)21-11-6-19(15-25)7-12-21;1-16-13-14-20(15-17(16)2)21(18-9-5-3-6-10-18)19-11-7-4-8-12-19;1-3-2;1-2;/h3-13,24-25H,14-15H2,1-2H3;3-15H,1-2H3;3-15H,1-2H3;;;1H/q;;;-1;;. The normalized spacial score (nSPS) is 10.0. The summed E-state index contributed by atoms with van der Waals surface area (Å²) in [5.74, 6) is 0. The summed E-state index contributed by atoms with van der Waals surface area (Å²) in [6.07, 6.45) is 1.67. The van der Waals surface area contributed by atoms with E-state index in [9.17, 15) is 19.8 Å². The number of para-hydroxylation sites is 2. The van der Waals surface area contributed by atoms with E-state index in [2.05, 4.69) is 234 Å². The van der Waals surface area contributed by atoms with Crippen LogP contribution in [0.15, 0.2) is 212 Å². The Morgan fingerprint density at radius 3 is 0.792 bits per heavy atom. The molecule has 9 rings (SSSR count). The van der Waals surface area contributed by atoms with Crippen LogP contribution >= 0.6 is 98.4 Å². The van der Waals surface area contributed by atoms with Gasteiger partial charge in [0.1, 0.15) is 12.6 Å². The van der Waals surface area contributed by atoms with Crippen molar-refractivity contribution in [3.05, 3.63) is 268 Å². The third-order valence-electron chi connectivity index (χ3n) is 12.6. The molecule has 0 heterocycles. The van der Waals surface area contributed by atoms with Crippen molar-refractivity contribution < 1.29 is 33.1 Å². The molecule has 0 aromatic heterocycles. The number of halogens is 6. The molecule has 0 spiro atoms. The van der Waals surface area contributed by atoms with Gasteiger partial charge in [0.2, 0.25) is 0 Å². The van der Waals surface area contributed by atoms with Gasteiger partial charge in [-0.15, -0.1) is 24.0 Å². The van der Waals surface area contributed by atoms with Gasteiger partial charge in [0.25, 0.3) is 0 Å². The molecular formula is C64H62I6N3O4-. The molecule has 0 saturated carbocycles. The van der Waals surface area contributed by atoms with Crippen LogP contribution in [-0.2, 0) is 13.2 Å². The second-order valence-corrected chi connectivity index (χ2v) is 33.9. The average molecular weight is 1700 g/mol. The predicted molar refractivity (Wildman–Crippen MR) is 366 cm³/mol. The van der Waals surface area contributed by atoms with E-state index in [0.717, 1.165) is 57.8 Å². The number of benzene rings is 9. The van der Waals surface area contributed by atoms with Crippen molar-refractivity contribution >= 4 is 162 Å². The molecule has 0 saturated heterocycles. The Hall–Kier alpha value is -3.98. The number of rotatable bonds is 13. The number of carbonyl (C=O) groups is 2. The number of aliphatic hydroxyl groups is 2. The Kier molecular flexibility index (Phi) is 29.7. The fraction of sp³-hybridized carbons (Fsp3) is 0.125. The second kappa shape index (κ2) is 34.9. The van der Waals surface area contributed by atoms with Crippen LogP contribution < -0.4 is 28.0 Å². The van der Waals surface area contributed by atoms with E-state index in [0.29, 0.717) is 24.4 Å². The number of hydrogen-bond donors (Lipinski definition) is 2. The zero-order valence-electron chi connectivity index (χ0n) is 43.6. The Balaban J connectivity index is 0.000000238. The number of anilines is 9. The van der Waals surface area contributed by atoms with Crippen LogP contribution in [0.2, 0.25) is 0 Å². The summed E-state index contributed by atoms with van der Waals surface area (Å²) >= 11 is 9.54. The summed E-state index contributed by atoms with van der Waals surface area (Å²) in [7, 11) is 0. The van der Waals surface area contributed by atoms with Crippen molar-refractivity contribution in [3.8, 4) is 0 Å². The van der Waals surface area contributed by atoms with Gasteiger partial charge < -0.3 is 24.9 Å². The van der Waals surface area contributed by atoms with E-state index in [-0.39, 0.29) is 37.2 Å². The van der Waals surface area contributed by atoms with E-state index in [1.54, 1.807) is 24.3 Å². The van der Waals surface area contributed by atoms with Gasteiger partial charge in [-0.3, -0.25) is 9.59 Å². The van der Waals surface area contributed by atoms with Crippen LogP contribution in [0.4, 0.5) is 51.2 Å². The van der Waals surface area contributed by atoms with Crippen LogP contribution in [0, 0.1) is 41.5 Å². The zero-order valence-corrected chi connectivity index (χ0v) is 56.7. The first-order chi connectivity index (χ1) is 36.9. The Labute approximate surface area is 525 Å². The number of nitrogens with zero attached hydrogens (tertiary/aromatic N) is 3. The van der Waals surface area contributed by atoms with E-state index in [1.807, 2.05) is 84.9 Å². The minimum atomic E-state index is 0. The molecule has 0 fully saturated rings. The van der Waals surface area contributed by atoms with Gasteiger partial charge in [0, 0.05) is 99.5 Å².